The zero-order valence-corrected chi connectivity index (χ0v) is 18.9. The van der Waals surface area contributed by atoms with Crippen LogP contribution in [0, 0.1) is 6.92 Å². The Bertz CT molecular complexity index is 1080. The van der Waals surface area contributed by atoms with Crippen LogP contribution < -0.4 is 15.4 Å². The Hall–Kier alpha value is -3.16. The summed E-state index contributed by atoms with van der Waals surface area (Å²) in [6, 6.07) is 19.5. The van der Waals surface area contributed by atoms with Gasteiger partial charge in [0.1, 0.15) is 12.4 Å². The lowest BCUT2D eigenvalue weighted by Crippen LogP contribution is -2.15. The van der Waals surface area contributed by atoms with Gasteiger partial charge in [-0.2, -0.15) is 0 Å². The Labute approximate surface area is 189 Å². The van der Waals surface area contributed by atoms with Gasteiger partial charge in [-0.3, -0.25) is 9.59 Å². The van der Waals surface area contributed by atoms with Gasteiger partial charge in [-0.1, -0.05) is 18.2 Å². The number of methoxy groups -OCH3 is 1. The number of amides is 2. The van der Waals surface area contributed by atoms with Gasteiger partial charge in [-0.25, -0.2) is 0 Å². The lowest BCUT2D eigenvalue weighted by Gasteiger charge is -2.11. The highest BCUT2D eigenvalue weighted by Crippen LogP contribution is 2.26. The van der Waals surface area contributed by atoms with Crippen LogP contribution >= 0.6 is 15.9 Å². The first-order valence-electron chi connectivity index (χ1n) is 9.67. The second-order valence-electron chi connectivity index (χ2n) is 6.84. The lowest BCUT2D eigenvalue weighted by molar-refractivity contribution is 0.101. The van der Waals surface area contributed by atoms with Crippen LogP contribution in [0.15, 0.2) is 71.2 Å². The molecule has 2 N–H and O–H groups in total. The number of anilines is 2. The zero-order valence-electron chi connectivity index (χ0n) is 17.3. The quantitative estimate of drug-likeness (QED) is 0.427. The number of ether oxygens (including phenoxy) is 2. The first kappa shape index (κ1) is 22.5. The Kier molecular flexibility index (Phi) is 7.81. The molecule has 0 saturated heterocycles. The third-order valence-corrected chi connectivity index (χ3v) is 5.02. The standard InChI is InChI=1S/C24H23BrN2O4/c1-16-5-3-7-19(13-16)26-23(28)17-6-4-8-20(14-17)27-24(29)18-9-10-22(21(25)15-18)31-12-11-30-2/h3-10,13-15H,11-12H2,1-2H3,(H,26,28)(H,27,29). The molecule has 0 heterocycles. The maximum Gasteiger partial charge on any atom is 0.255 e. The Morgan fingerprint density at radius 2 is 1.48 bits per heavy atom. The average molecular weight is 483 g/mol. The summed E-state index contributed by atoms with van der Waals surface area (Å²) in [6.07, 6.45) is 0. The van der Waals surface area contributed by atoms with Crippen LogP contribution in [0.3, 0.4) is 0 Å². The molecule has 0 spiro atoms. The molecule has 0 aliphatic carbocycles. The minimum Gasteiger partial charge on any atom is -0.490 e. The van der Waals surface area contributed by atoms with E-state index in [0.29, 0.717) is 40.3 Å². The number of rotatable bonds is 8. The predicted octanol–water partition coefficient (Wildman–Crippen LogP) is 5.29. The van der Waals surface area contributed by atoms with Gasteiger partial charge in [0.05, 0.1) is 11.1 Å². The van der Waals surface area contributed by atoms with E-state index in [1.807, 2.05) is 31.2 Å². The molecule has 0 bridgehead atoms. The van der Waals surface area contributed by atoms with Gasteiger partial charge in [0.15, 0.2) is 0 Å². The number of hydrogen-bond acceptors (Lipinski definition) is 4. The first-order valence-corrected chi connectivity index (χ1v) is 10.5. The highest BCUT2D eigenvalue weighted by Gasteiger charge is 2.12. The molecule has 2 amide bonds. The van der Waals surface area contributed by atoms with Gasteiger partial charge in [0.25, 0.3) is 11.8 Å². The van der Waals surface area contributed by atoms with Crippen LogP contribution in [-0.4, -0.2) is 32.1 Å². The third kappa shape index (κ3) is 6.41. The number of hydrogen-bond donors (Lipinski definition) is 2. The van der Waals surface area contributed by atoms with Crippen molar-refractivity contribution in [2.75, 3.05) is 31.0 Å². The van der Waals surface area contributed by atoms with Crippen LogP contribution in [0.5, 0.6) is 5.75 Å². The second-order valence-corrected chi connectivity index (χ2v) is 7.70. The number of nitrogens with one attached hydrogen (secondary N) is 2. The molecular weight excluding hydrogens is 460 g/mol. The molecule has 0 atom stereocenters. The van der Waals surface area contributed by atoms with Gasteiger partial charge in [0.2, 0.25) is 0 Å². The van der Waals surface area contributed by atoms with E-state index in [-0.39, 0.29) is 11.8 Å². The molecule has 0 fully saturated rings. The van der Waals surface area contributed by atoms with Crippen LogP contribution in [0.1, 0.15) is 26.3 Å². The van der Waals surface area contributed by atoms with Crippen LogP contribution in [-0.2, 0) is 4.74 Å². The van der Waals surface area contributed by atoms with Gasteiger partial charge >= 0.3 is 0 Å². The van der Waals surface area contributed by atoms with Gasteiger partial charge in [-0.05, 0) is 76.9 Å². The van der Waals surface area contributed by atoms with Crippen molar-refractivity contribution in [1.82, 2.24) is 0 Å². The number of carbonyl (C=O) groups is 2. The van der Waals surface area contributed by atoms with Crippen molar-refractivity contribution in [3.8, 4) is 5.75 Å². The fourth-order valence-electron chi connectivity index (χ4n) is 2.86. The van der Waals surface area contributed by atoms with Crippen molar-refractivity contribution >= 4 is 39.1 Å². The van der Waals surface area contributed by atoms with Crippen LogP contribution in [0.25, 0.3) is 0 Å². The van der Waals surface area contributed by atoms with E-state index >= 15 is 0 Å². The highest BCUT2D eigenvalue weighted by molar-refractivity contribution is 9.10. The van der Waals surface area contributed by atoms with Crippen molar-refractivity contribution < 1.29 is 19.1 Å². The molecule has 0 aliphatic heterocycles. The summed E-state index contributed by atoms with van der Waals surface area (Å²) in [4.78, 5) is 25.2. The minimum atomic E-state index is -0.291. The molecule has 0 radical (unpaired) electrons. The summed E-state index contributed by atoms with van der Waals surface area (Å²) in [5.74, 6) is 0.0887. The lowest BCUT2D eigenvalue weighted by atomic mass is 10.1. The van der Waals surface area contributed by atoms with E-state index < -0.39 is 0 Å². The van der Waals surface area contributed by atoms with Crippen molar-refractivity contribution in [3.05, 3.63) is 87.9 Å². The molecular formula is C24H23BrN2O4. The largest absolute Gasteiger partial charge is 0.490 e. The normalized spacial score (nSPS) is 10.4. The molecule has 7 heteroatoms. The maximum absolute atomic E-state index is 12.7. The summed E-state index contributed by atoms with van der Waals surface area (Å²) in [7, 11) is 1.60. The summed E-state index contributed by atoms with van der Waals surface area (Å²) in [6.45, 7) is 2.85. The van der Waals surface area contributed by atoms with Gasteiger partial charge in [0, 0.05) is 29.6 Å². The molecule has 0 unspecified atom stereocenters. The Morgan fingerprint density at radius 3 is 2.13 bits per heavy atom. The molecule has 3 aromatic rings. The van der Waals surface area contributed by atoms with E-state index in [1.165, 1.54) is 0 Å². The molecule has 0 saturated carbocycles. The Balaban J connectivity index is 1.67. The number of benzene rings is 3. The zero-order chi connectivity index (χ0) is 22.2. The van der Waals surface area contributed by atoms with Crippen LogP contribution in [0.2, 0.25) is 0 Å². The molecule has 0 aliphatic rings. The predicted molar refractivity (Wildman–Crippen MR) is 125 cm³/mol. The third-order valence-electron chi connectivity index (χ3n) is 4.40. The minimum absolute atomic E-state index is 0.248. The highest BCUT2D eigenvalue weighted by atomic mass is 79.9. The fourth-order valence-corrected chi connectivity index (χ4v) is 3.35. The molecule has 6 nitrogen and oxygen atoms in total. The molecule has 160 valence electrons. The van der Waals surface area contributed by atoms with Crippen LogP contribution in [0.4, 0.5) is 11.4 Å². The number of halogens is 1. The smallest absolute Gasteiger partial charge is 0.255 e. The van der Waals surface area contributed by atoms with E-state index in [2.05, 4.69) is 26.6 Å². The molecule has 3 aromatic carbocycles. The Morgan fingerprint density at radius 1 is 0.839 bits per heavy atom. The number of aryl methyl sites for hydroxylation is 1. The second kappa shape index (κ2) is 10.7. The maximum atomic E-state index is 12.7. The van der Waals surface area contributed by atoms with E-state index in [9.17, 15) is 9.59 Å². The van der Waals surface area contributed by atoms with Gasteiger partial charge in [-0.15, -0.1) is 0 Å². The number of carbonyl (C=O) groups excluding carboxylic acids is 2. The first-order chi connectivity index (χ1) is 15.0. The monoisotopic (exact) mass is 482 g/mol. The molecule has 3 rings (SSSR count). The molecule has 0 aromatic heterocycles. The average Bonchev–Trinajstić information content (AvgIpc) is 2.75. The summed E-state index contributed by atoms with van der Waals surface area (Å²) < 4.78 is 11.2. The summed E-state index contributed by atoms with van der Waals surface area (Å²) in [5, 5.41) is 5.69. The summed E-state index contributed by atoms with van der Waals surface area (Å²) >= 11 is 3.42. The SMILES string of the molecule is COCCOc1ccc(C(=O)Nc2cccc(C(=O)Nc3cccc(C)c3)c2)cc1Br. The van der Waals surface area contributed by atoms with Gasteiger partial charge < -0.3 is 20.1 Å². The summed E-state index contributed by atoms with van der Waals surface area (Å²) in [5.41, 5.74) is 3.21. The topological polar surface area (TPSA) is 76.7 Å². The van der Waals surface area contributed by atoms with Crippen molar-refractivity contribution in [2.24, 2.45) is 0 Å². The van der Waals surface area contributed by atoms with Crippen molar-refractivity contribution in [1.29, 1.82) is 0 Å². The van der Waals surface area contributed by atoms with E-state index in [1.54, 1.807) is 49.6 Å². The van der Waals surface area contributed by atoms with Crippen molar-refractivity contribution in [3.63, 3.8) is 0 Å². The van der Waals surface area contributed by atoms with E-state index in [4.69, 9.17) is 9.47 Å². The van der Waals surface area contributed by atoms with E-state index in [0.717, 1.165) is 11.3 Å². The fraction of sp³-hybridized carbons (Fsp3) is 0.167. The molecule has 31 heavy (non-hydrogen) atoms. The van der Waals surface area contributed by atoms with Crippen molar-refractivity contribution in [2.45, 2.75) is 6.92 Å².